The number of rotatable bonds is 4. The molecule has 0 aromatic heterocycles. The Labute approximate surface area is 184 Å². The van der Waals surface area contributed by atoms with Crippen LogP contribution in [0.2, 0.25) is 5.02 Å². The molecule has 2 fully saturated rings. The van der Waals surface area contributed by atoms with Crippen molar-refractivity contribution in [2.45, 2.75) is 46.1 Å². The zero-order valence-corrected chi connectivity index (χ0v) is 19.2. The van der Waals surface area contributed by atoms with Gasteiger partial charge in [-0.1, -0.05) is 51.4 Å². The molecule has 2 aliphatic heterocycles. The van der Waals surface area contributed by atoms with E-state index in [2.05, 4.69) is 13.8 Å². The van der Waals surface area contributed by atoms with Crippen LogP contribution in [0.15, 0.2) is 24.3 Å². The fourth-order valence-electron chi connectivity index (χ4n) is 5.29. The van der Waals surface area contributed by atoms with Crippen LogP contribution in [0.25, 0.3) is 0 Å². The van der Waals surface area contributed by atoms with Crippen LogP contribution < -0.4 is 5.73 Å². The van der Waals surface area contributed by atoms with E-state index in [-0.39, 0.29) is 23.7 Å². The number of benzene rings is 1. The molecule has 2 aliphatic rings. The highest BCUT2D eigenvalue weighted by molar-refractivity contribution is 6.30. The minimum Gasteiger partial charge on any atom is -0.384 e. The van der Waals surface area contributed by atoms with Gasteiger partial charge in [0.05, 0.1) is 5.60 Å². The SMILES string of the molecule is CC(C)C(C(=O)N1CCC(O)(c2ccc(Cl)cc2)C(C)(C)C1)C1CCN(C(N)=O)C1. The highest BCUT2D eigenvalue weighted by Gasteiger charge is 2.51. The Kier molecular flexibility index (Phi) is 6.40. The standard InChI is InChI=1S/C23H34ClN3O3/c1-15(2)19(16-9-11-26(13-16)21(25)29)20(28)27-12-10-23(30,22(3,4)14-27)17-5-7-18(24)8-6-17/h5-8,15-16,19,30H,9-14H2,1-4H3,(H2,25,29). The van der Waals surface area contributed by atoms with E-state index < -0.39 is 17.0 Å². The van der Waals surface area contributed by atoms with Crippen molar-refractivity contribution in [3.8, 4) is 0 Å². The smallest absolute Gasteiger partial charge is 0.314 e. The van der Waals surface area contributed by atoms with Crippen LogP contribution in [0.4, 0.5) is 4.79 Å². The molecular weight excluding hydrogens is 402 g/mol. The highest BCUT2D eigenvalue weighted by Crippen LogP contribution is 2.47. The third-order valence-electron chi connectivity index (χ3n) is 7.13. The first-order chi connectivity index (χ1) is 14.0. The molecule has 3 atom stereocenters. The van der Waals surface area contributed by atoms with Crippen molar-refractivity contribution < 1.29 is 14.7 Å². The first kappa shape index (κ1) is 22.9. The number of nitrogens with two attached hydrogens (primary N) is 1. The second-order valence-corrected chi connectivity index (χ2v) is 10.3. The summed E-state index contributed by atoms with van der Waals surface area (Å²) in [6.45, 7) is 10.3. The molecule has 7 heteroatoms. The van der Waals surface area contributed by atoms with Crippen LogP contribution >= 0.6 is 11.6 Å². The van der Waals surface area contributed by atoms with Crippen LogP contribution in [-0.2, 0) is 10.4 Å². The third kappa shape index (κ3) is 4.17. The molecule has 0 bridgehead atoms. The number of halogens is 1. The summed E-state index contributed by atoms with van der Waals surface area (Å²) in [5, 5.41) is 12.2. The number of aliphatic hydroxyl groups is 1. The van der Waals surface area contributed by atoms with Gasteiger partial charge in [0.25, 0.3) is 0 Å². The molecule has 30 heavy (non-hydrogen) atoms. The van der Waals surface area contributed by atoms with Crippen LogP contribution in [0.5, 0.6) is 0 Å². The topological polar surface area (TPSA) is 86.9 Å². The Hall–Kier alpha value is -1.79. The molecule has 0 aliphatic carbocycles. The van der Waals surface area contributed by atoms with Gasteiger partial charge in [-0.25, -0.2) is 4.79 Å². The van der Waals surface area contributed by atoms with E-state index in [1.165, 1.54) is 0 Å². The molecule has 2 heterocycles. The zero-order chi connectivity index (χ0) is 22.3. The summed E-state index contributed by atoms with van der Waals surface area (Å²) in [6.07, 6.45) is 1.26. The Balaban J connectivity index is 1.77. The number of hydrogen-bond acceptors (Lipinski definition) is 3. The lowest BCUT2D eigenvalue weighted by Gasteiger charge is -2.51. The van der Waals surface area contributed by atoms with Gasteiger partial charge in [0.1, 0.15) is 0 Å². The number of nitrogens with zero attached hydrogens (tertiary/aromatic N) is 2. The van der Waals surface area contributed by atoms with Crippen molar-refractivity contribution in [1.29, 1.82) is 0 Å². The molecule has 6 nitrogen and oxygen atoms in total. The number of piperidine rings is 1. The van der Waals surface area contributed by atoms with Gasteiger partial charge in [0, 0.05) is 42.5 Å². The van der Waals surface area contributed by atoms with Crippen molar-refractivity contribution in [3.63, 3.8) is 0 Å². The van der Waals surface area contributed by atoms with Crippen molar-refractivity contribution in [3.05, 3.63) is 34.9 Å². The Bertz CT molecular complexity index is 795. The molecule has 3 rings (SSSR count). The largest absolute Gasteiger partial charge is 0.384 e. The number of amides is 3. The Morgan fingerprint density at radius 3 is 2.30 bits per heavy atom. The maximum atomic E-state index is 13.6. The van der Waals surface area contributed by atoms with Crippen LogP contribution in [-0.4, -0.2) is 53.0 Å². The molecule has 0 radical (unpaired) electrons. The summed E-state index contributed by atoms with van der Waals surface area (Å²) >= 11 is 6.02. The average molecular weight is 436 g/mol. The first-order valence-corrected chi connectivity index (χ1v) is 11.2. The normalized spacial score (nSPS) is 27.4. The summed E-state index contributed by atoms with van der Waals surface area (Å²) in [6, 6.07) is 6.91. The van der Waals surface area contributed by atoms with Gasteiger partial charge in [-0.3, -0.25) is 4.79 Å². The highest BCUT2D eigenvalue weighted by atomic mass is 35.5. The lowest BCUT2D eigenvalue weighted by atomic mass is 9.66. The summed E-state index contributed by atoms with van der Waals surface area (Å²) in [7, 11) is 0. The molecule has 0 saturated carbocycles. The van der Waals surface area contributed by atoms with Gasteiger partial charge >= 0.3 is 6.03 Å². The number of hydrogen-bond donors (Lipinski definition) is 2. The molecule has 0 spiro atoms. The van der Waals surface area contributed by atoms with E-state index in [1.807, 2.05) is 30.9 Å². The van der Waals surface area contributed by atoms with Gasteiger partial charge in [-0.05, 0) is 42.4 Å². The third-order valence-corrected chi connectivity index (χ3v) is 7.38. The van der Waals surface area contributed by atoms with Gasteiger partial charge in [-0.2, -0.15) is 0 Å². The molecule has 166 valence electrons. The minimum atomic E-state index is -1.03. The van der Waals surface area contributed by atoms with Crippen LogP contribution in [0, 0.1) is 23.2 Å². The fraction of sp³-hybridized carbons (Fsp3) is 0.652. The molecule has 3 unspecified atom stereocenters. The van der Waals surface area contributed by atoms with E-state index in [9.17, 15) is 14.7 Å². The molecule has 2 saturated heterocycles. The maximum Gasteiger partial charge on any atom is 0.314 e. The zero-order valence-electron chi connectivity index (χ0n) is 18.4. The van der Waals surface area contributed by atoms with Gasteiger partial charge in [-0.15, -0.1) is 0 Å². The maximum absolute atomic E-state index is 13.6. The second-order valence-electron chi connectivity index (χ2n) is 9.86. The van der Waals surface area contributed by atoms with Gasteiger partial charge in [0.2, 0.25) is 5.91 Å². The second kappa shape index (κ2) is 8.39. The quantitative estimate of drug-likeness (QED) is 0.759. The number of primary amides is 1. The summed E-state index contributed by atoms with van der Waals surface area (Å²) in [4.78, 5) is 28.7. The van der Waals surface area contributed by atoms with Crippen molar-refractivity contribution >= 4 is 23.5 Å². The fourth-order valence-corrected chi connectivity index (χ4v) is 5.42. The minimum absolute atomic E-state index is 0.116. The van der Waals surface area contributed by atoms with E-state index in [4.69, 9.17) is 17.3 Å². The molecular formula is C23H34ClN3O3. The average Bonchev–Trinajstić information content (AvgIpc) is 3.14. The molecule has 1 aromatic carbocycles. The summed E-state index contributed by atoms with van der Waals surface area (Å²) in [5.41, 5.74) is 4.72. The van der Waals surface area contributed by atoms with Crippen LogP contribution in [0.3, 0.4) is 0 Å². The number of carbonyl (C=O) groups is 2. The van der Waals surface area contributed by atoms with Crippen molar-refractivity contribution in [1.82, 2.24) is 9.80 Å². The number of urea groups is 1. The molecule has 3 amide bonds. The summed E-state index contributed by atoms with van der Waals surface area (Å²) in [5.74, 6) is 0.236. The van der Waals surface area contributed by atoms with Crippen LogP contribution in [0.1, 0.15) is 46.1 Å². The monoisotopic (exact) mass is 435 g/mol. The van der Waals surface area contributed by atoms with Gasteiger partial charge in [0.15, 0.2) is 0 Å². The Morgan fingerprint density at radius 2 is 1.80 bits per heavy atom. The van der Waals surface area contributed by atoms with Crippen molar-refractivity contribution in [2.75, 3.05) is 26.2 Å². The number of carbonyl (C=O) groups excluding carboxylic acids is 2. The lowest BCUT2D eigenvalue weighted by molar-refractivity contribution is -0.159. The molecule has 3 N–H and O–H groups in total. The van der Waals surface area contributed by atoms with Gasteiger partial charge < -0.3 is 20.6 Å². The molecule has 1 aromatic rings. The van der Waals surface area contributed by atoms with E-state index in [0.717, 1.165) is 12.0 Å². The Morgan fingerprint density at radius 1 is 1.17 bits per heavy atom. The van der Waals surface area contributed by atoms with E-state index in [0.29, 0.717) is 37.6 Å². The lowest BCUT2D eigenvalue weighted by Crippen LogP contribution is -2.58. The summed E-state index contributed by atoms with van der Waals surface area (Å²) < 4.78 is 0. The predicted octanol–water partition coefficient (Wildman–Crippen LogP) is 3.46. The van der Waals surface area contributed by atoms with E-state index >= 15 is 0 Å². The first-order valence-electron chi connectivity index (χ1n) is 10.8. The van der Waals surface area contributed by atoms with E-state index in [1.54, 1.807) is 17.0 Å². The number of likely N-dealkylation sites (tertiary alicyclic amines) is 2. The van der Waals surface area contributed by atoms with Crippen molar-refractivity contribution in [2.24, 2.45) is 28.9 Å². The predicted molar refractivity (Wildman–Crippen MR) is 118 cm³/mol.